The first-order chi connectivity index (χ1) is 9.63. The van der Waals surface area contributed by atoms with E-state index < -0.39 is 0 Å². The van der Waals surface area contributed by atoms with Crippen LogP contribution in [0.3, 0.4) is 0 Å². The van der Waals surface area contributed by atoms with E-state index >= 15 is 0 Å². The number of ether oxygens (including phenoxy) is 1. The fourth-order valence-corrected chi connectivity index (χ4v) is 3.09. The molecule has 0 amide bonds. The third-order valence-corrected chi connectivity index (χ3v) is 4.50. The lowest BCUT2D eigenvalue weighted by Gasteiger charge is -2.28. The highest BCUT2D eigenvalue weighted by Gasteiger charge is 2.23. The lowest BCUT2D eigenvalue weighted by Crippen LogP contribution is -2.23. The molecule has 1 aliphatic heterocycles. The summed E-state index contributed by atoms with van der Waals surface area (Å²) >= 11 is 0. The Morgan fingerprint density at radius 3 is 2.70 bits per heavy atom. The van der Waals surface area contributed by atoms with Gasteiger partial charge in [-0.15, -0.1) is 0 Å². The molecule has 1 nitrogen and oxygen atoms in total. The summed E-state index contributed by atoms with van der Waals surface area (Å²) in [6.07, 6.45) is 6.82. The molecule has 0 N–H and O–H groups in total. The van der Waals surface area contributed by atoms with Crippen LogP contribution in [0.4, 0.5) is 4.39 Å². The summed E-state index contributed by atoms with van der Waals surface area (Å²) in [7, 11) is 0. The summed E-state index contributed by atoms with van der Waals surface area (Å²) < 4.78 is 20.2. The molecule has 2 rings (SSSR count). The second-order valence-electron chi connectivity index (χ2n) is 6.13. The van der Waals surface area contributed by atoms with Crippen LogP contribution in [-0.2, 0) is 11.2 Å². The maximum absolute atomic E-state index is 14.5. The van der Waals surface area contributed by atoms with Crippen LogP contribution in [-0.4, -0.2) is 12.7 Å². The Bertz CT molecular complexity index is 433. The number of aryl methyl sites for hydroxylation is 1. The van der Waals surface area contributed by atoms with E-state index in [-0.39, 0.29) is 5.82 Å². The molecule has 0 aliphatic carbocycles. The lowest BCUT2D eigenvalue weighted by atomic mass is 9.87. The topological polar surface area (TPSA) is 9.23 Å². The maximum atomic E-state index is 14.5. The molecule has 0 saturated carbocycles. The molecule has 1 aliphatic rings. The average molecular weight is 278 g/mol. The average Bonchev–Trinajstić information content (AvgIpc) is 2.45. The third-order valence-electron chi connectivity index (χ3n) is 4.50. The Morgan fingerprint density at radius 2 is 2.05 bits per heavy atom. The van der Waals surface area contributed by atoms with Crippen molar-refractivity contribution >= 4 is 0 Å². The van der Waals surface area contributed by atoms with Crippen molar-refractivity contribution in [1.82, 2.24) is 0 Å². The second kappa shape index (κ2) is 7.21. The fraction of sp³-hybridized carbons (Fsp3) is 0.667. The number of unbranched alkanes of at least 4 members (excludes halogenated alkanes) is 2. The Kier molecular flexibility index (Phi) is 5.59. The third kappa shape index (κ3) is 3.60. The summed E-state index contributed by atoms with van der Waals surface area (Å²) in [6, 6.07) is 4.12. The normalized spacial score (nSPS) is 23.0. The van der Waals surface area contributed by atoms with Crippen molar-refractivity contribution in [2.24, 2.45) is 0 Å². The first-order valence-corrected chi connectivity index (χ1v) is 8.03. The molecule has 2 unspecified atom stereocenters. The SMILES string of the molecule is CCCCCc1ccc(C2CCC(C)OC2)c(C)c1F. The molecular weight excluding hydrogens is 251 g/mol. The van der Waals surface area contributed by atoms with Crippen molar-refractivity contribution in [3.8, 4) is 0 Å². The van der Waals surface area contributed by atoms with Crippen molar-refractivity contribution in [3.63, 3.8) is 0 Å². The standard InChI is InChI=1S/C18H27FO/c1-4-5-6-7-15-10-11-17(14(3)18(15)19)16-9-8-13(2)20-12-16/h10-11,13,16H,4-9,12H2,1-3H3. The van der Waals surface area contributed by atoms with Gasteiger partial charge in [-0.2, -0.15) is 0 Å². The Labute approximate surface area is 122 Å². The van der Waals surface area contributed by atoms with Gasteiger partial charge in [0.05, 0.1) is 12.7 Å². The molecule has 0 bridgehead atoms. The van der Waals surface area contributed by atoms with E-state index in [1.165, 1.54) is 12.8 Å². The van der Waals surface area contributed by atoms with Crippen molar-refractivity contribution in [2.75, 3.05) is 6.61 Å². The highest BCUT2D eigenvalue weighted by molar-refractivity contribution is 5.35. The highest BCUT2D eigenvalue weighted by atomic mass is 19.1. The van der Waals surface area contributed by atoms with Crippen molar-refractivity contribution in [1.29, 1.82) is 0 Å². The van der Waals surface area contributed by atoms with Crippen molar-refractivity contribution in [2.45, 2.75) is 71.3 Å². The molecule has 0 spiro atoms. The molecule has 0 aromatic heterocycles. The molecule has 1 saturated heterocycles. The van der Waals surface area contributed by atoms with Crippen molar-refractivity contribution in [3.05, 3.63) is 34.6 Å². The van der Waals surface area contributed by atoms with Gasteiger partial charge in [-0.3, -0.25) is 0 Å². The smallest absolute Gasteiger partial charge is 0.129 e. The predicted octanol–water partition coefficient (Wildman–Crippen LogP) is 5.15. The second-order valence-corrected chi connectivity index (χ2v) is 6.13. The molecule has 0 radical (unpaired) electrons. The van der Waals surface area contributed by atoms with Crippen LogP contribution in [0.5, 0.6) is 0 Å². The maximum Gasteiger partial charge on any atom is 0.129 e. The molecule has 2 heteroatoms. The highest BCUT2D eigenvalue weighted by Crippen LogP contribution is 2.32. The summed E-state index contributed by atoms with van der Waals surface area (Å²) in [6.45, 7) is 6.94. The van der Waals surface area contributed by atoms with E-state index in [1.807, 2.05) is 13.0 Å². The van der Waals surface area contributed by atoms with Crippen LogP contribution in [0.25, 0.3) is 0 Å². The van der Waals surface area contributed by atoms with E-state index in [0.717, 1.165) is 49.0 Å². The fourth-order valence-electron chi connectivity index (χ4n) is 3.09. The van der Waals surface area contributed by atoms with Crippen LogP contribution in [0, 0.1) is 12.7 Å². The van der Waals surface area contributed by atoms with E-state index in [0.29, 0.717) is 12.0 Å². The lowest BCUT2D eigenvalue weighted by molar-refractivity contribution is 0.0153. The van der Waals surface area contributed by atoms with Gasteiger partial charge in [0.1, 0.15) is 5.82 Å². The zero-order valence-electron chi connectivity index (χ0n) is 13.0. The van der Waals surface area contributed by atoms with E-state index in [4.69, 9.17) is 4.74 Å². The zero-order chi connectivity index (χ0) is 14.5. The van der Waals surface area contributed by atoms with Crippen LogP contribution >= 0.6 is 0 Å². The monoisotopic (exact) mass is 278 g/mol. The molecular formula is C18H27FO. The van der Waals surface area contributed by atoms with E-state index in [9.17, 15) is 4.39 Å². The van der Waals surface area contributed by atoms with Crippen LogP contribution < -0.4 is 0 Å². The Hall–Kier alpha value is -0.890. The minimum atomic E-state index is 0.0113. The zero-order valence-corrected chi connectivity index (χ0v) is 13.0. The van der Waals surface area contributed by atoms with Gasteiger partial charge in [0.25, 0.3) is 0 Å². The van der Waals surface area contributed by atoms with Gasteiger partial charge in [-0.1, -0.05) is 31.9 Å². The summed E-state index contributed by atoms with van der Waals surface area (Å²) in [5.41, 5.74) is 2.86. The minimum absolute atomic E-state index is 0.0113. The number of hydrogen-bond acceptors (Lipinski definition) is 1. The Morgan fingerprint density at radius 1 is 1.25 bits per heavy atom. The molecule has 1 aromatic rings. The van der Waals surface area contributed by atoms with Gasteiger partial charge in [-0.05, 0) is 56.2 Å². The van der Waals surface area contributed by atoms with Gasteiger partial charge in [0.15, 0.2) is 0 Å². The largest absolute Gasteiger partial charge is 0.378 e. The van der Waals surface area contributed by atoms with Gasteiger partial charge < -0.3 is 4.74 Å². The van der Waals surface area contributed by atoms with Crippen LogP contribution in [0.15, 0.2) is 12.1 Å². The number of rotatable bonds is 5. The number of benzene rings is 1. The molecule has 20 heavy (non-hydrogen) atoms. The first kappa shape index (κ1) is 15.5. The Balaban J connectivity index is 2.09. The van der Waals surface area contributed by atoms with Crippen LogP contribution in [0.1, 0.15) is 68.6 Å². The number of hydrogen-bond donors (Lipinski definition) is 0. The van der Waals surface area contributed by atoms with Gasteiger partial charge >= 0.3 is 0 Å². The van der Waals surface area contributed by atoms with Gasteiger partial charge in [0, 0.05) is 5.92 Å². The van der Waals surface area contributed by atoms with Crippen LogP contribution in [0.2, 0.25) is 0 Å². The van der Waals surface area contributed by atoms with E-state index in [2.05, 4.69) is 19.9 Å². The minimum Gasteiger partial charge on any atom is -0.378 e. The first-order valence-electron chi connectivity index (χ1n) is 8.03. The quantitative estimate of drug-likeness (QED) is 0.677. The molecule has 1 fully saturated rings. The van der Waals surface area contributed by atoms with Gasteiger partial charge in [0.2, 0.25) is 0 Å². The molecule has 1 heterocycles. The summed E-state index contributed by atoms with van der Waals surface area (Å²) in [5.74, 6) is 0.377. The molecule has 112 valence electrons. The summed E-state index contributed by atoms with van der Waals surface area (Å²) in [5, 5.41) is 0. The molecule has 1 aromatic carbocycles. The van der Waals surface area contributed by atoms with Gasteiger partial charge in [-0.25, -0.2) is 4.39 Å². The predicted molar refractivity (Wildman–Crippen MR) is 81.8 cm³/mol. The molecule has 2 atom stereocenters. The number of halogens is 1. The van der Waals surface area contributed by atoms with Crippen molar-refractivity contribution < 1.29 is 9.13 Å². The van der Waals surface area contributed by atoms with E-state index in [1.54, 1.807) is 0 Å². The summed E-state index contributed by atoms with van der Waals surface area (Å²) in [4.78, 5) is 0.